The Morgan fingerprint density at radius 3 is 2.62 bits per heavy atom. The van der Waals surface area contributed by atoms with Crippen LogP contribution in [-0.4, -0.2) is 50.8 Å². The molecule has 0 saturated carbocycles. The van der Waals surface area contributed by atoms with E-state index in [1.54, 1.807) is 12.1 Å². The minimum Gasteiger partial charge on any atom is -0.379 e. The minimum absolute atomic E-state index is 0.339. The molecule has 0 spiro atoms. The van der Waals surface area contributed by atoms with Crippen LogP contribution in [0.1, 0.15) is 28.2 Å². The molecule has 9 heteroatoms. The van der Waals surface area contributed by atoms with Crippen molar-refractivity contribution in [3.8, 4) is 0 Å². The van der Waals surface area contributed by atoms with Crippen LogP contribution in [0.15, 0.2) is 42.5 Å². The van der Waals surface area contributed by atoms with E-state index in [9.17, 15) is 4.39 Å². The number of morpholine rings is 1. The normalized spacial score (nSPS) is 14.6. The summed E-state index contributed by atoms with van der Waals surface area (Å²) in [6.07, 6.45) is 0.353. The number of halogens is 2. The Kier molecular flexibility index (Phi) is 6.45. The van der Waals surface area contributed by atoms with Gasteiger partial charge in [-0.05, 0) is 49.7 Å². The first-order valence-electron chi connectivity index (χ1n) is 11.3. The summed E-state index contributed by atoms with van der Waals surface area (Å²) in [5, 5.41) is 8.53. The Balaban J connectivity index is 1.58. The number of imidazole rings is 1. The zero-order valence-electron chi connectivity index (χ0n) is 19.2. The summed E-state index contributed by atoms with van der Waals surface area (Å²) in [5.74, 6) is 1.03. The molecule has 4 heterocycles. The summed E-state index contributed by atoms with van der Waals surface area (Å²) in [6.45, 7) is 7.76. The molecule has 0 bridgehead atoms. The van der Waals surface area contributed by atoms with Crippen molar-refractivity contribution in [3.63, 3.8) is 0 Å². The average Bonchev–Trinajstić information content (AvgIpc) is 3.12. The zero-order valence-corrected chi connectivity index (χ0v) is 19.9. The van der Waals surface area contributed by atoms with Gasteiger partial charge in [0.05, 0.1) is 24.6 Å². The SMILES string of the molecule is Cc1cccc(Nc2cc(CN3CCOCC3)c3nc(C)c(Cc4ccc(Cl)cc4F)n3n2)n1. The predicted molar refractivity (Wildman–Crippen MR) is 130 cm³/mol. The highest BCUT2D eigenvalue weighted by Crippen LogP contribution is 2.25. The Morgan fingerprint density at radius 1 is 1.03 bits per heavy atom. The van der Waals surface area contributed by atoms with Crippen LogP contribution in [0, 0.1) is 19.7 Å². The molecule has 3 aromatic heterocycles. The van der Waals surface area contributed by atoms with Gasteiger partial charge in [-0.3, -0.25) is 4.90 Å². The standard InChI is InChI=1S/C25H26ClFN6O/c1-16-4-3-5-23(28-16)30-24-13-19(15-32-8-10-34-11-9-32)25-29-17(2)22(33(25)31-24)12-18-6-7-20(26)14-21(18)27/h3-7,13-14H,8-12,15H2,1-2H3,(H,28,30,31). The molecule has 1 aliphatic heterocycles. The van der Waals surface area contributed by atoms with Crippen molar-refractivity contribution >= 4 is 28.9 Å². The third kappa shape index (κ3) is 4.89. The van der Waals surface area contributed by atoms with Gasteiger partial charge in [0.15, 0.2) is 11.5 Å². The quantitative estimate of drug-likeness (QED) is 0.431. The van der Waals surface area contributed by atoms with Crippen molar-refractivity contribution in [3.05, 3.63) is 81.5 Å². The third-order valence-electron chi connectivity index (χ3n) is 5.97. The number of rotatable bonds is 6. The molecule has 34 heavy (non-hydrogen) atoms. The minimum atomic E-state index is -0.339. The molecule has 4 aromatic rings. The number of nitrogens with zero attached hydrogens (tertiary/aromatic N) is 5. The zero-order chi connectivity index (χ0) is 23.7. The van der Waals surface area contributed by atoms with Crippen molar-refractivity contribution in [2.24, 2.45) is 0 Å². The van der Waals surface area contributed by atoms with Gasteiger partial charge < -0.3 is 10.1 Å². The van der Waals surface area contributed by atoms with Crippen LogP contribution in [0.3, 0.4) is 0 Å². The van der Waals surface area contributed by atoms with Crippen molar-refractivity contribution in [1.29, 1.82) is 0 Å². The molecule has 0 unspecified atom stereocenters. The van der Waals surface area contributed by atoms with Crippen LogP contribution in [0.25, 0.3) is 5.65 Å². The molecule has 5 rings (SSSR count). The van der Waals surface area contributed by atoms with Gasteiger partial charge in [-0.2, -0.15) is 0 Å². The topological polar surface area (TPSA) is 67.6 Å². The number of nitrogens with one attached hydrogen (secondary N) is 1. The van der Waals surface area contributed by atoms with Crippen molar-refractivity contribution < 1.29 is 9.13 Å². The maximum absolute atomic E-state index is 14.6. The number of aryl methyl sites for hydroxylation is 2. The lowest BCUT2D eigenvalue weighted by Gasteiger charge is -2.26. The van der Waals surface area contributed by atoms with E-state index >= 15 is 0 Å². The highest BCUT2D eigenvalue weighted by Gasteiger charge is 2.20. The van der Waals surface area contributed by atoms with E-state index in [1.165, 1.54) is 6.07 Å². The van der Waals surface area contributed by atoms with Gasteiger partial charge >= 0.3 is 0 Å². The fraction of sp³-hybridized carbons (Fsp3) is 0.320. The molecule has 1 saturated heterocycles. The van der Waals surface area contributed by atoms with Crippen molar-refractivity contribution in [1.82, 2.24) is 24.5 Å². The molecule has 1 aromatic carbocycles. The number of hydrogen-bond donors (Lipinski definition) is 1. The second kappa shape index (κ2) is 9.66. The average molecular weight is 481 g/mol. The third-order valence-corrected chi connectivity index (χ3v) is 6.20. The molecule has 0 amide bonds. The van der Waals surface area contributed by atoms with E-state index in [0.717, 1.165) is 47.9 Å². The van der Waals surface area contributed by atoms with Crippen molar-refractivity contribution in [2.75, 3.05) is 31.6 Å². The van der Waals surface area contributed by atoms with Crippen LogP contribution in [0.5, 0.6) is 0 Å². The van der Waals surface area contributed by atoms with E-state index in [2.05, 4.69) is 15.2 Å². The molecule has 7 nitrogen and oxygen atoms in total. The van der Waals surface area contributed by atoms with Gasteiger partial charge in [-0.25, -0.2) is 18.9 Å². The van der Waals surface area contributed by atoms with Crippen LogP contribution in [0.2, 0.25) is 5.02 Å². The second-order valence-corrected chi connectivity index (χ2v) is 8.96. The van der Waals surface area contributed by atoms with E-state index in [1.807, 2.05) is 42.6 Å². The van der Waals surface area contributed by atoms with E-state index < -0.39 is 0 Å². The fourth-order valence-electron chi connectivity index (χ4n) is 4.20. The molecular weight excluding hydrogens is 455 g/mol. The largest absolute Gasteiger partial charge is 0.379 e. The smallest absolute Gasteiger partial charge is 0.158 e. The molecule has 1 N–H and O–H groups in total. The fourth-order valence-corrected chi connectivity index (χ4v) is 4.36. The first kappa shape index (κ1) is 22.7. The molecule has 176 valence electrons. The maximum Gasteiger partial charge on any atom is 0.158 e. The number of benzene rings is 1. The van der Waals surface area contributed by atoms with Crippen LogP contribution < -0.4 is 5.32 Å². The lowest BCUT2D eigenvalue weighted by Crippen LogP contribution is -2.35. The first-order chi connectivity index (χ1) is 16.5. The van der Waals surface area contributed by atoms with E-state index in [-0.39, 0.29) is 5.82 Å². The Bertz CT molecular complexity index is 1330. The number of ether oxygens (including phenoxy) is 1. The van der Waals surface area contributed by atoms with Crippen LogP contribution >= 0.6 is 11.6 Å². The second-order valence-electron chi connectivity index (χ2n) is 8.52. The predicted octanol–water partition coefficient (Wildman–Crippen LogP) is 4.70. The van der Waals surface area contributed by atoms with E-state index in [0.29, 0.717) is 41.9 Å². The summed E-state index contributed by atoms with van der Waals surface area (Å²) in [4.78, 5) is 11.7. The monoisotopic (exact) mass is 480 g/mol. The lowest BCUT2D eigenvalue weighted by molar-refractivity contribution is 0.0343. The number of pyridine rings is 1. The maximum atomic E-state index is 14.6. The summed E-state index contributed by atoms with van der Waals surface area (Å²) in [5.41, 5.74) is 4.92. The summed E-state index contributed by atoms with van der Waals surface area (Å²) in [7, 11) is 0. The van der Waals surface area contributed by atoms with Gasteiger partial charge in [0.1, 0.15) is 11.6 Å². The molecule has 0 atom stereocenters. The van der Waals surface area contributed by atoms with Gasteiger partial charge in [-0.1, -0.05) is 23.7 Å². The highest BCUT2D eigenvalue weighted by atomic mass is 35.5. The molecular formula is C25H26ClFN6O. The molecule has 0 aliphatic carbocycles. The number of anilines is 2. The van der Waals surface area contributed by atoms with Gasteiger partial charge in [-0.15, -0.1) is 5.10 Å². The number of hydrogen-bond acceptors (Lipinski definition) is 6. The number of aromatic nitrogens is 4. The molecule has 1 fully saturated rings. The van der Waals surface area contributed by atoms with Gasteiger partial charge in [0, 0.05) is 42.3 Å². The van der Waals surface area contributed by atoms with Crippen LogP contribution in [-0.2, 0) is 17.7 Å². The summed E-state index contributed by atoms with van der Waals surface area (Å²) < 4.78 is 21.9. The van der Waals surface area contributed by atoms with Gasteiger partial charge in [0.2, 0.25) is 0 Å². The lowest BCUT2D eigenvalue weighted by atomic mass is 10.1. The molecule has 1 aliphatic rings. The first-order valence-corrected chi connectivity index (χ1v) is 11.7. The van der Waals surface area contributed by atoms with Crippen molar-refractivity contribution in [2.45, 2.75) is 26.8 Å². The Labute approximate surface area is 202 Å². The summed E-state index contributed by atoms with van der Waals surface area (Å²) in [6, 6.07) is 12.6. The van der Waals surface area contributed by atoms with E-state index in [4.69, 9.17) is 26.4 Å². The van der Waals surface area contributed by atoms with Crippen LogP contribution in [0.4, 0.5) is 16.0 Å². The van der Waals surface area contributed by atoms with Gasteiger partial charge in [0.25, 0.3) is 0 Å². The molecule has 0 radical (unpaired) electrons. The number of fused-ring (bicyclic) bond motifs is 1. The summed E-state index contributed by atoms with van der Waals surface area (Å²) >= 11 is 5.95. The Hall–Kier alpha value is -3.07. The highest BCUT2D eigenvalue weighted by molar-refractivity contribution is 6.30. The Morgan fingerprint density at radius 2 is 1.85 bits per heavy atom.